The fourth-order valence-electron chi connectivity index (χ4n) is 2.80. The summed E-state index contributed by atoms with van der Waals surface area (Å²) in [6.07, 6.45) is 0.908. The Hall–Kier alpha value is -1.71. The summed E-state index contributed by atoms with van der Waals surface area (Å²) >= 11 is 0. The molecule has 1 saturated heterocycles. The van der Waals surface area contributed by atoms with Gasteiger partial charge in [0.25, 0.3) is 0 Å². The van der Waals surface area contributed by atoms with Crippen LogP contribution < -0.4 is 4.90 Å². The summed E-state index contributed by atoms with van der Waals surface area (Å²) in [5, 5.41) is 0. The predicted octanol–water partition coefficient (Wildman–Crippen LogP) is 4.43. The highest BCUT2D eigenvalue weighted by Crippen LogP contribution is 2.30. The number of rotatable bonds is 3. The first-order valence-electron chi connectivity index (χ1n) is 8.96. The van der Waals surface area contributed by atoms with Gasteiger partial charge >= 0.3 is 6.09 Å². The van der Waals surface area contributed by atoms with Gasteiger partial charge in [0.1, 0.15) is 5.60 Å². The molecule has 1 fully saturated rings. The van der Waals surface area contributed by atoms with E-state index in [2.05, 4.69) is 49.9 Å². The number of piperazine rings is 1. The molecule has 0 radical (unpaired) electrons. The maximum absolute atomic E-state index is 12.2. The summed E-state index contributed by atoms with van der Waals surface area (Å²) in [5.74, 6) is 0. The molecule has 0 N–H and O–H groups in total. The van der Waals surface area contributed by atoms with E-state index in [4.69, 9.17) is 4.74 Å². The maximum atomic E-state index is 12.2. The number of nitrogens with zero attached hydrogens (tertiary/aromatic N) is 2. The first-order valence-corrected chi connectivity index (χ1v) is 8.96. The standard InChI is InChI=1S/C20H32N2O2/c1-7-20(5,6)16-9-8-10-17(15-16)21-11-13-22(14-12-21)18(23)24-19(2,3)4/h8-10,15H,7,11-14H2,1-6H3. The summed E-state index contributed by atoms with van der Waals surface area (Å²) in [7, 11) is 0. The molecule has 24 heavy (non-hydrogen) atoms. The van der Waals surface area contributed by atoms with Gasteiger partial charge in [0.05, 0.1) is 0 Å². The van der Waals surface area contributed by atoms with Crippen molar-refractivity contribution in [3.05, 3.63) is 29.8 Å². The number of amides is 1. The number of carbonyl (C=O) groups excluding carboxylic acids is 1. The number of hydrogen-bond acceptors (Lipinski definition) is 3. The van der Waals surface area contributed by atoms with Crippen LogP contribution >= 0.6 is 0 Å². The molecule has 0 aromatic heterocycles. The predicted molar refractivity (Wildman–Crippen MR) is 99.8 cm³/mol. The summed E-state index contributed by atoms with van der Waals surface area (Å²) in [5.41, 5.74) is 2.37. The van der Waals surface area contributed by atoms with E-state index in [1.165, 1.54) is 11.3 Å². The lowest BCUT2D eigenvalue weighted by Crippen LogP contribution is -2.50. The molecular formula is C20H32N2O2. The Balaban J connectivity index is 2.00. The lowest BCUT2D eigenvalue weighted by molar-refractivity contribution is 0.0240. The molecule has 4 nitrogen and oxygen atoms in total. The minimum absolute atomic E-state index is 0.189. The molecule has 2 rings (SSSR count). The van der Waals surface area contributed by atoms with Crippen LogP contribution in [-0.2, 0) is 10.2 Å². The number of anilines is 1. The molecule has 1 heterocycles. The summed E-state index contributed by atoms with van der Waals surface area (Å²) in [6, 6.07) is 8.82. The van der Waals surface area contributed by atoms with Gasteiger partial charge in [-0.05, 0) is 50.3 Å². The van der Waals surface area contributed by atoms with Crippen LogP contribution in [0.4, 0.5) is 10.5 Å². The third kappa shape index (κ3) is 4.65. The number of carbonyl (C=O) groups is 1. The van der Waals surface area contributed by atoms with Gasteiger partial charge in [-0.25, -0.2) is 4.79 Å². The van der Waals surface area contributed by atoms with Gasteiger partial charge < -0.3 is 14.5 Å². The first kappa shape index (κ1) is 18.6. The Morgan fingerprint density at radius 3 is 2.25 bits per heavy atom. The van der Waals surface area contributed by atoms with E-state index in [-0.39, 0.29) is 11.5 Å². The maximum Gasteiger partial charge on any atom is 0.410 e. The van der Waals surface area contributed by atoms with E-state index in [9.17, 15) is 4.79 Å². The van der Waals surface area contributed by atoms with Gasteiger partial charge in [-0.15, -0.1) is 0 Å². The third-order valence-electron chi connectivity index (χ3n) is 4.81. The quantitative estimate of drug-likeness (QED) is 0.821. The molecule has 1 aromatic carbocycles. The van der Waals surface area contributed by atoms with Gasteiger partial charge in [0.15, 0.2) is 0 Å². The van der Waals surface area contributed by atoms with Crippen molar-refractivity contribution >= 4 is 11.8 Å². The monoisotopic (exact) mass is 332 g/mol. The molecule has 0 spiro atoms. The Bertz CT molecular complexity index is 567. The Labute approximate surface area is 146 Å². The van der Waals surface area contributed by atoms with Crippen LogP contribution in [0.25, 0.3) is 0 Å². The van der Waals surface area contributed by atoms with Gasteiger partial charge in [-0.2, -0.15) is 0 Å². The highest BCUT2D eigenvalue weighted by Gasteiger charge is 2.26. The minimum Gasteiger partial charge on any atom is -0.444 e. The third-order valence-corrected chi connectivity index (χ3v) is 4.81. The van der Waals surface area contributed by atoms with Crippen LogP contribution in [0.3, 0.4) is 0 Å². The lowest BCUT2D eigenvalue weighted by atomic mass is 9.82. The fraction of sp³-hybridized carbons (Fsp3) is 0.650. The second-order valence-corrected chi connectivity index (χ2v) is 8.24. The van der Waals surface area contributed by atoms with Gasteiger partial charge in [-0.1, -0.05) is 32.9 Å². The SMILES string of the molecule is CCC(C)(C)c1cccc(N2CCN(C(=O)OC(C)(C)C)CC2)c1. The molecular weight excluding hydrogens is 300 g/mol. The topological polar surface area (TPSA) is 32.8 Å². The van der Waals surface area contributed by atoms with Crippen molar-refractivity contribution in [3.8, 4) is 0 Å². The molecule has 134 valence electrons. The van der Waals surface area contributed by atoms with Crippen LogP contribution in [0.5, 0.6) is 0 Å². The van der Waals surface area contributed by atoms with Crippen molar-refractivity contribution in [1.29, 1.82) is 0 Å². The van der Waals surface area contributed by atoms with E-state index in [0.29, 0.717) is 13.1 Å². The molecule has 0 bridgehead atoms. The summed E-state index contributed by atoms with van der Waals surface area (Å²) in [4.78, 5) is 16.3. The van der Waals surface area contributed by atoms with E-state index < -0.39 is 5.60 Å². The zero-order valence-electron chi connectivity index (χ0n) is 16.1. The van der Waals surface area contributed by atoms with Crippen LogP contribution in [0, 0.1) is 0 Å². The molecule has 1 aromatic rings. The summed E-state index contributed by atoms with van der Waals surface area (Å²) < 4.78 is 5.46. The molecule has 0 aliphatic carbocycles. The average molecular weight is 332 g/mol. The second-order valence-electron chi connectivity index (χ2n) is 8.24. The van der Waals surface area contributed by atoms with Crippen LogP contribution in [0.2, 0.25) is 0 Å². The Kier molecular flexibility index (Phi) is 5.46. The van der Waals surface area contributed by atoms with Crippen LogP contribution in [-0.4, -0.2) is 42.8 Å². The number of hydrogen-bond donors (Lipinski definition) is 0. The molecule has 1 aliphatic heterocycles. The normalized spacial score (nSPS) is 16.2. The van der Waals surface area contributed by atoms with Gasteiger partial charge in [0.2, 0.25) is 0 Å². The average Bonchev–Trinajstić information content (AvgIpc) is 2.53. The van der Waals surface area contributed by atoms with Crippen LogP contribution in [0.15, 0.2) is 24.3 Å². The molecule has 1 aliphatic rings. The number of ether oxygens (including phenoxy) is 1. The molecule has 4 heteroatoms. The van der Waals surface area contributed by atoms with E-state index >= 15 is 0 Å². The Morgan fingerprint density at radius 2 is 1.71 bits per heavy atom. The highest BCUT2D eigenvalue weighted by atomic mass is 16.6. The van der Waals surface area contributed by atoms with E-state index in [0.717, 1.165) is 19.5 Å². The zero-order valence-corrected chi connectivity index (χ0v) is 16.1. The van der Waals surface area contributed by atoms with Crippen molar-refractivity contribution in [2.75, 3.05) is 31.1 Å². The molecule has 1 amide bonds. The van der Waals surface area contributed by atoms with Crippen molar-refractivity contribution in [2.45, 2.75) is 59.0 Å². The smallest absolute Gasteiger partial charge is 0.410 e. The summed E-state index contributed by atoms with van der Waals surface area (Å²) in [6.45, 7) is 15.6. The van der Waals surface area contributed by atoms with Crippen LogP contribution in [0.1, 0.15) is 53.5 Å². The Morgan fingerprint density at radius 1 is 1.08 bits per heavy atom. The molecule has 0 saturated carbocycles. The lowest BCUT2D eigenvalue weighted by Gasteiger charge is -2.37. The van der Waals surface area contributed by atoms with Crippen molar-refractivity contribution < 1.29 is 9.53 Å². The van der Waals surface area contributed by atoms with Crippen molar-refractivity contribution in [2.24, 2.45) is 0 Å². The molecule has 0 atom stereocenters. The zero-order chi connectivity index (χ0) is 18.0. The van der Waals surface area contributed by atoms with Crippen molar-refractivity contribution in [3.63, 3.8) is 0 Å². The second kappa shape index (κ2) is 7.04. The fourth-order valence-corrected chi connectivity index (χ4v) is 2.80. The minimum atomic E-state index is -0.436. The van der Waals surface area contributed by atoms with E-state index in [1.807, 2.05) is 25.7 Å². The number of benzene rings is 1. The van der Waals surface area contributed by atoms with Gasteiger partial charge in [-0.3, -0.25) is 0 Å². The molecule has 0 unspecified atom stereocenters. The highest BCUT2D eigenvalue weighted by molar-refractivity contribution is 5.68. The van der Waals surface area contributed by atoms with E-state index in [1.54, 1.807) is 0 Å². The largest absolute Gasteiger partial charge is 0.444 e. The van der Waals surface area contributed by atoms with Gasteiger partial charge in [0, 0.05) is 31.9 Å². The van der Waals surface area contributed by atoms with Crippen molar-refractivity contribution in [1.82, 2.24) is 4.90 Å². The first-order chi connectivity index (χ1) is 11.1.